The summed E-state index contributed by atoms with van der Waals surface area (Å²) in [4.78, 5) is 10.7. The van der Waals surface area contributed by atoms with Crippen molar-refractivity contribution in [3.63, 3.8) is 0 Å². The van der Waals surface area contributed by atoms with Crippen molar-refractivity contribution in [2.24, 2.45) is 0 Å². The molecule has 1 heterocycles. The van der Waals surface area contributed by atoms with Crippen LogP contribution in [0.15, 0.2) is 6.20 Å². The Labute approximate surface area is 87.3 Å². The average molecular weight is 214 g/mol. The summed E-state index contributed by atoms with van der Waals surface area (Å²) in [5.41, 5.74) is 0.880. The average Bonchev–Trinajstić information content (AvgIpc) is 2.47. The summed E-state index contributed by atoms with van der Waals surface area (Å²) in [6, 6.07) is 0. The SMILES string of the molecule is CCSCCn1cc(C(=O)O)c(C)n1. The number of aryl methyl sites for hydroxylation is 2. The second-order valence-corrected chi connectivity index (χ2v) is 4.29. The number of thioether (sulfide) groups is 1. The first-order valence-corrected chi connectivity index (χ1v) is 5.65. The van der Waals surface area contributed by atoms with Crippen LogP contribution in [0, 0.1) is 6.92 Å². The first-order valence-electron chi connectivity index (χ1n) is 4.50. The number of hydrogen-bond donors (Lipinski definition) is 1. The van der Waals surface area contributed by atoms with Gasteiger partial charge in [0.05, 0.1) is 5.69 Å². The molecule has 0 aliphatic rings. The lowest BCUT2D eigenvalue weighted by Crippen LogP contribution is -2.01. The summed E-state index contributed by atoms with van der Waals surface area (Å²) in [5, 5.41) is 12.9. The van der Waals surface area contributed by atoms with Gasteiger partial charge in [-0.1, -0.05) is 6.92 Å². The van der Waals surface area contributed by atoms with E-state index in [9.17, 15) is 4.79 Å². The smallest absolute Gasteiger partial charge is 0.339 e. The molecule has 0 bridgehead atoms. The molecule has 0 aromatic carbocycles. The Bertz CT molecular complexity index is 323. The lowest BCUT2D eigenvalue weighted by Gasteiger charge is -1.98. The summed E-state index contributed by atoms with van der Waals surface area (Å²) in [6.45, 7) is 4.58. The van der Waals surface area contributed by atoms with E-state index in [0.29, 0.717) is 11.3 Å². The van der Waals surface area contributed by atoms with Gasteiger partial charge in [0.15, 0.2) is 0 Å². The highest BCUT2D eigenvalue weighted by Crippen LogP contribution is 2.06. The molecule has 5 heteroatoms. The zero-order chi connectivity index (χ0) is 10.6. The van der Waals surface area contributed by atoms with E-state index in [1.54, 1.807) is 17.8 Å². The Morgan fingerprint density at radius 2 is 2.43 bits per heavy atom. The normalized spacial score (nSPS) is 10.4. The molecule has 4 nitrogen and oxygen atoms in total. The van der Waals surface area contributed by atoms with Crippen LogP contribution < -0.4 is 0 Å². The van der Waals surface area contributed by atoms with E-state index < -0.39 is 5.97 Å². The van der Waals surface area contributed by atoms with Crippen LogP contribution in [0.5, 0.6) is 0 Å². The molecule has 1 rings (SSSR count). The Morgan fingerprint density at radius 3 is 2.93 bits per heavy atom. The highest BCUT2D eigenvalue weighted by Gasteiger charge is 2.10. The van der Waals surface area contributed by atoms with Crippen molar-refractivity contribution in [2.75, 3.05) is 11.5 Å². The third-order valence-corrected chi connectivity index (χ3v) is 2.73. The third kappa shape index (κ3) is 2.77. The van der Waals surface area contributed by atoms with Crippen molar-refractivity contribution in [3.8, 4) is 0 Å². The van der Waals surface area contributed by atoms with Crippen LogP contribution in [0.25, 0.3) is 0 Å². The number of aromatic nitrogens is 2. The molecule has 0 fully saturated rings. The lowest BCUT2D eigenvalue weighted by molar-refractivity contribution is 0.0696. The molecule has 0 saturated heterocycles. The van der Waals surface area contributed by atoms with Gasteiger partial charge in [0.25, 0.3) is 0 Å². The molecule has 1 N–H and O–H groups in total. The Kier molecular flexibility index (Phi) is 4.00. The van der Waals surface area contributed by atoms with Crippen molar-refractivity contribution >= 4 is 17.7 Å². The maximum atomic E-state index is 10.7. The molecule has 0 atom stereocenters. The fraction of sp³-hybridized carbons (Fsp3) is 0.556. The maximum Gasteiger partial charge on any atom is 0.339 e. The van der Waals surface area contributed by atoms with Crippen LogP contribution in [0.1, 0.15) is 23.0 Å². The topological polar surface area (TPSA) is 55.1 Å². The standard InChI is InChI=1S/C9H14N2O2S/c1-3-14-5-4-11-6-8(9(12)13)7(2)10-11/h6H,3-5H2,1-2H3,(H,12,13). The fourth-order valence-electron chi connectivity index (χ4n) is 1.14. The molecule has 1 aromatic heterocycles. The first-order chi connectivity index (χ1) is 6.65. The number of hydrogen-bond acceptors (Lipinski definition) is 3. The van der Waals surface area contributed by atoms with Gasteiger partial charge in [0, 0.05) is 18.5 Å². The van der Waals surface area contributed by atoms with Crippen molar-refractivity contribution in [3.05, 3.63) is 17.5 Å². The molecule has 0 unspecified atom stereocenters. The van der Waals surface area contributed by atoms with E-state index in [0.717, 1.165) is 18.1 Å². The molecule has 78 valence electrons. The molecule has 0 amide bonds. The van der Waals surface area contributed by atoms with Gasteiger partial charge in [-0.2, -0.15) is 16.9 Å². The molecule has 0 radical (unpaired) electrons. The van der Waals surface area contributed by atoms with E-state index in [-0.39, 0.29) is 0 Å². The third-order valence-electron chi connectivity index (χ3n) is 1.85. The second-order valence-electron chi connectivity index (χ2n) is 2.89. The van der Waals surface area contributed by atoms with Gasteiger partial charge in [-0.3, -0.25) is 4.68 Å². The quantitative estimate of drug-likeness (QED) is 0.757. The van der Waals surface area contributed by atoms with E-state index in [4.69, 9.17) is 5.11 Å². The second kappa shape index (κ2) is 5.05. The van der Waals surface area contributed by atoms with Crippen LogP contribution in [0.2, 0.25) is 0 Å². The maximum absolute atomic E-state index is 10.7. The summed E-state index contributed by atoms with van der Waals surface area (Å²) < 4.78 is 1.70. The number of rotatable bonds is 5. The van der Waals surface area contributed by atoms with Crippen LogP contribution in [0.4, 0.5) is 0 Å². The van der Waals surface area contributed by atoms with Gasteiger partial charge in [-0.25, -0.2) is 4.79 Å². The molecular formula is C9H14N2O2S. The van der Waals surface area contributed by atoms with Crippen LogP contribution >= 0.6 is 11.8 Å². The Morgan fingerprint density at radius 1 is 1.71 bits per heavy atom. The van der Waals surface area contributed by atoms with E-state index >= 15 is 0 Å². The van der Waals surface area contributed by atoms with Crippen molar-refractivity contribution in [2.45, 2.75) is 20.4 Å². The first kappa shape index (κ1) is 11.1. The number of aromatic carboxylic acids is 1. The Balaban J connectivity index is 2.62. The highest BCUT2D eigenvalue weighted by molar-refractivity contribution is 7.99. The molecule has 0 aliphatic heterocycles. The molecule has 0 aliphatic carbocycles. The minimum absolute atomic E-state index is 0.298. The predicted octanol–water partition coefficient (Wildman–Crippen LogP) is 1.64. The van der Waals surface area contributed by atoms with Gasteiger partial charge >= 0.3 is 5.97 Å². The zero-order valence-electron chi connectivity index (χ0n) is 8.36. The number of carboxylic acids is 1. The van der Waals surface area contributed by atoms with Gasteiger partial charge in [0.2, 0.25) is 0 Å². The highest BCUT2D eigenvalue weighted by atomic mass is 32.2. The van der Waals surface area contributed by atoms with Crippen molar-refractivity contribution in [1.29, 1.82) is 0 Å². The summed E-state index contributed by atoms with van der Waals surface area (Å²) in [5.74, 6) is 1.14. The fourth-order valence-corrected chi connectivity index (χ4v) is 1.75. The number of carbonyl (C=O) groups is 1. The van der Waals surface area contributed by atoms with Gasteiger partial charge in [0.1, 0.15) is 5.56 Å². The monoisotopic (exact) mass is 214 g/mol. The minimum atomic E-state index is -0.906. The van der Waals surface area contributed by atoms with Crippen LogP contribution in [0.3, 0.4) is 0 Å². The largest absolute Gasteiger partial charge is 0.478 e. The van der Waals surface area contributed by atoms with Gasteiger partial charge in [-0.05, 0) is 12.7 Å². The summed E-state index contributed by atoms with van der Waals surface area (Å²) in [6.07, 6.45) is 1.59. The Hall–Kier alpha value is -0.970. The van der Waals surface area contributed by atoms with Crippen molar-refractivity contribution < 1.29 is 9.90 Å². The van der Waals surface area contributed by atoms with Crippen LogP contribution in [-0.4, -0.2) is 32.4 Å². The molecular weight excluding hydrogens is 200 g/mol. The molecule has 1 aromatic rings. The van der Waals surface area contributed by atoms with Crippen molar-refractivity contribution in [1.82, 2.24) is 9.78 Å². The predicted molar refractivity (Wildman–Crippen MR) is 56.9 cm³/mol. The number of carboxylic acid groups (broad SMARTS) is 1. The van der Waals surface area contributed by atoms with E-state index in [1.165, 1.54) is 0 Å². The summed E-state index contributed by atoms with van der Waals surface area (Å²) >= 11 is 1.82. The van der Waals surface area contributed by atoms with E-state index in [1.807, 2.05) is 11.8 Å². The molecule has 14 heavy (non-hydrogen) atoms. The van der Waals surface area contributed by atoms with Gasteiger partial charge < -0.3 is 5.11 Å². The zero-order valence-corrected chi connectivity index (χ0v) is 9.17. The summed E-state index contributed by atoms with van der Waals surface area (Å²) in [7, 11) is 0. The minimum Gasteiger partial charge on any atom is -0.478 e. The molecule has 0 spiro atoms. The van der Waals surface area contributed by atoms with E-state index in [2.05, 4.69) is 12.0 Å². The van der Waals surface area contributed by atoms with Gasteiger partial charge in [-0.15, -0.1) is 0 Å². The molecule has 0 saturated carbocycles. The lowest BCUT2D eigenvalue weighted by atomic mass is 10.3. The van der Waals surface area contributed by atoms with Crippen LogP contribution in [-0.2, 0) is 6.54 Å². The number of nitrogens with zero attached hydrogens (tertiary/aromatic N) is 2.